The molecule has 2 fully saturated rings. The predicted molar refractivity (Wildman–Crippen MR) is 141 cm³/mol. The van der Waals surface area contributed by atoms with E-state index in [2.05, 4.69) is 32.8 Å². The fourth-order valence-electron chi connectivity index (χ4n) is 4.84. The Morgan fingerprint density at radius 3 is 2.23 bits per heavy atom. The first kappa shape index (κ1) is 23.3. The molecule has 6 nitrogen and oxygen atoms in total. The summed E-state index contributed by atoms with van der Waals surface area (Å²) in [5, 5.41) is 20.4. The number of nitrogens with zero attached hydrogens (tertiary/aromatic N) is 2. The first-order valence-corrected chi connectivity index (χ1v) is 12.7. The quantitative estimate of drug-likeness (QED) is 0.404. The molecular formula is C29H33N5O. The summed E-state index contributed by atoms with van der Waals surface area (Å²) in [4.78, 5) is 9.57. The largest absolute Gasteiger partial charge is 0.393 e. The molecule has 1 aliphatic heterocycles. The molecule has 2 aromatic carbocycles. The molecule has 180 valence electrons. The summed E-state index contributed by atoms with van der Waals surface area (Å²) < 4.78 is 0. The average molecular weight is 468 g/mol. The lowest BCUT2D eigenvalue weighted by Gasteiger charge is -2.29. The second-order valence-electron chi connectivity index (χ2n) is 9.49. The van der Waals surface area contributed by atoms with Gasteiger partial charge in [-0.25, -0.2) is 4.98 Å². The van der Waals surface area contributed by atoms with Gasteiger partial charge in [-0.05, 0) is 93.9 Å². The number of aliphatic hydroxyl groups excluding tert-OH is 1. The van der Waals surface area contributed by atoms with Crippen LogP contribution in [0, 0.1) is 11.8 Å². The molecule has 0 spiro atoms. The van der Waals surface area contributed by atoms with E-state index < -0.39 is 0 Å². The van der Waals surface area contributed by atoms with Crippen molar-refractivity contribution in [1.82, 2.24) is 15.3 Å². The number of benzene rings is 2. The van der Waals surface area contributed by atoms with Crippen LogP contribution in [-0.4, -0.2) is 40.3 Å². The highest BCUT2D eigenvalue weighted by Crippen LogP contribution is 2.32. The Balaban J connectivity index is 1.31. The van der Waals surface area contributed by atoms with Crippen molar-refractivity contribution >= 4 is 17.5 Å². The number of piperidine rings is 1. The lowest BCUT2D eigenvalue weighted by molar-refractivity contribution is 0.126. The van der Waals surface area contributed by atoms with E-state index in [-0.39, 0.29) is 6.10 Å². The SMILES string of the molecule is OC1CCC(Nc2nc(Nc3ccc(C#Cc4ccccc4)cc3)ncc2C2CCNCC2)CC1. The van der Waals surface area contributed by atoms with Gasteiger partial charge in [0.15, 0.2) is 0 Å². The predicted octanol–water partition coefficient (Wildman–Crippen LogP) is 4.80. The van der Waals surface area contributed by atoms with Crippen molar-refractivity contribution in [3.05, 3.63) is 77.5 Å². The molecule has 0 amide bonds. The van der Waals surface area contributed by atoms with Crippen LogP contribution in [0.1, 0.15) is 61.1 Å². The van der Waals surface area contributed by atoms with Crippen molar-refractivity contribution in [3.8, 4) is 11.8 Å². The summed E-state index contributed by atoms with van der Waals surface area (Å²) >= 11 is 0. The molecule has 35 heavy (non-hydrogen) atoms. The second-order valence-corrected chi connectivity index (χ2v) is 9.49. The topological polar surface area (TPSA) is 82.1 Å². The van der Waals surface area contributed by atoms with E-state index in [9.17, 15) is 5.11 Å². The molecule has 2 heterocycles. The summed E-state index contributed by atoms with van der Waals surface area (Å²) in [6.07, 6.45) is 7.63. The van der Waals surface area contributed by atoms with E-state index in [0.717, 1.165) is 74.2 Å². The Labute approximate surface area is 207 Å². The van der Waals surface area contributed by atoms with Crippen molar-refractivity contribution in [3.63, 3.8) is 0 Å². The maximum atomic E-state index is 9.89. The minimum atomic E-state index is -0.167. The highest BCUT2D eigenvalue weighted by molar-refractivity contribution is 5.58. The molecule has 2 aliphatic rings. The zero-order valence-corrected chi connectivity index (χ0v) is 20.0. The normalized spacial score (nSPS) is 20.5. The molecule has 0 bridgehead atoms. The van der Waals surface area contributed by atoms with Crippen LogP contribution in [0.5, 0.6) is 0 Å². The molecule has 0 radical (unpaired) electrons. The fourth-order valence-corrected chi connectivity index (χ4v) is 4.84. The van der Waals surface area contributed by atoms with E-state index in [1.165, 1.54) is 5.56 Å². The molecule has 0 atom stereocenters. The number of hydrogen-bond acceptors (Lipinski definition) is 6. The first-order chi connectivity index (χ1) is 17.2. The third-order valence-corrected chi connectivity index (χ3v) is 6.90. The lowest BCUT2D eigenvalue weighted by Crippen LogP contribution is -2.30. The number of aliphatic hydroxyl groups is 1. The summed E-state index contributed by atoms with van der Waals surface area (Å²) in [5.41, 5.74) is 4.10. The average Bonchev–Trinajstić information content (AvgIpc) is 2.91. The van der Waals surface area contributed by atoms with Crippen molar-refractivity contribution in [2.24, 2.45) is 0 Å². The molecule has 4 N–H and O–H groups in total. The second kappa shape index (κ2) is 11.4. The van der Waals surface area contributed by atoms with Crippen molar-refractivity contribution < 1.29 is 5.11 Å². The van der Waals surface area contributed by atoms with Crippen LogP contribution in [0.25, 0.3) is 0 Å². The maximum Gasteiger partial charge on any atom is 0.229 e. The van der Waals surface area contributed by atoms with Crippen molar-refractivity contribution in [2.75, 3.05) is 23.7 Å². The van der Waals surface area contributed by atoms with Crippen LogP contribution >= 0.6 is 0 Å². The number of rotatable bonds is 5. The highest BCUT2D eigenvalue weighted by Gasteiger charge is 2.24. The van der Waals surface area contributed by atoms with Crippen LogP contribution in [0.2, 0.25) is 0 Å². The van der Waals surface area contributed by atoms with Gasteiger partial charge in [0, 0.05) is 34.6 Å². The van der Waals surface area contributed by atoms with Crippen LogP contribution in [0.15, 0.2) is 60.8 Å². The van der Waals surface area contributed by atoms with Gasteiger partial charge in [-0.15, -0.1) is 0 Å². The number of nitrogens with one attached hydrogen (secondary N) is 3. The Kier molecular flexibility index (Phi) is 7.57. The van der Waals surface area contributed by atoms with Crippen LogP contribution in [0.3, 0.4) is 0 Å². The van der Waals surface area contributed by atoms with Gasteiger partial charge in [0.25, 0.3) is 0 Å². The molecule has 1 saturated carbocycles. The minimum Gasteiger partial charge on any atom is -0.393 e. The summed E-state index contributed by atoms with van der Waals surface area (Å²) in [6, 6.07) is 18.4. The van der Waals surface area contributed by atoms with Gasteiger partial charge in [0.1, 0.15) is 5.82 Å². The van der Waals surface area contributed by atoms with E-state index in [1.807, 2.05) is 60.8 Å². The van der Waals surface area contributed by atoms with E-state index in [4.69, 9.17) is 4.98 Å². The molecule has 1 aromatic heterocycles. The number of hydrogen-bond donors (Lipinski definition) is 4. The molecule has 5 rings (SSSR count). The third kappa shape index (κ3) is 6.39. The van der Waals surface area contributed by atoms with Crippen molar-refractivity contribution in [2.45, 2.75) is 56.6 Å². The van der Waals surface area contributed by atoms with Crippen LogP contribution < -0.4 is 16.0 Å². The molecule has 6 heteroatoms. The van der Waals surface area contributed by atoms with Crippen LogP contribution in [-0.2, 0) is 0 Å². The zero-order chi connectivity index (χ0) is 23.9. The van der Waals surface area contributed by atoms with Crippen LogP contribution in [0.4, 0.5) is 17.5 Å². The van der Waals surface area contributed by atoms with Gasteiger partial charge in [-0.2, -0.15) is 4.98 Å². The van der Waals surface area contributed by atoms with E-state index in [1.54, 1.807) is 0 Å². The highest BCUT2D eigenvalue weighted by atomic mass is 16.3. The van der Waals surface area contributed by atoms with Gasteiger partial charge in [-0.1, -0.05) is 30.0 Å². The van der Waals surface area contributed by atoms with Gasteiger partial charge >= 0.3 is 0 Å². The molecule has 1 aliphatic carbocycles. The minimum absolute atomic E-state index is 0.167. The summed E-state index contributed by atoms with van der Waals surface area (Å²) in [6.45, 7) is 2.05. The Morgan fingerprint density at radius 2 is 1.51 bits per heavy atom. The monoisotopic (exact) mass is 467 g/mol. The van der Waals surface area contributed by atoms with Gasteiger partial charge in [0.05, 0.1) is 6.10 Å². The Morgan fingerprint density at radius 1 is 0.829 bits per heavy atom. The van der Waals surface area contributed by atoms with E-state index >= 15 is 0 Å². The lowest BCUT2D eigenvalue weighted by atomic mass is 9.90. The third-order valence-electron chi connectivity index (χ3n) is 6.90. The van der Waals surface area contributed by atoms with Gasteiger partial charge < -0.3 is 21.1 Å². The number of anilines is 3. The Hall–Kier alpha value is -3.40. The zero-order valence-electron chi connectivity index (χ0n) is 20.0. The number of aromatic nitrogens is 2. The van der Waals surface area contributed by atoms with Gasteiger partial charge in [-0.3, -0.25) is 0 Å². The van der Waals surface area contributed by atoms with Crippen molar-refractivity contribution in [1.29, 1.82) is 0 Å². The Bertz CT molecular complexity index is 1160. The molecule has 1 saturated heterocycles. The summed E-state index contributed by atoms with van der Waals surface area (Å²) in [7, 11) is 0. The smallest absolute Gasteiger partial charge is 0.229 e. The van der Waals surface area contributed by atoms with Gasteiger partial charge in [0.2, 0.25) is 5.95 Å². The van der Waals surface area contributed by atoms with E-state index in [0.29, 0.717) is 17.9 Å². The standard InChI is InChI=1S/C29H33N5O/c35-26-14-12-24(13-15-26)32-28-27(23-16-18-30-19-17-23)20-31-29(34-28)33-25-10-8-22(9-11-25)7-6-21-4-2-1-3-5-21/h1-5,8-11,20,23-24,26,30,35H,12-19H2,(H2,31,32,33,34). The molecule has 3 aromatic rings. The maximum absolute atomic E-state index is 9.89. The summed E-state index contributed by atoms with van der Waals surface area (Å²) in [5.74, 6) is 8.39. The molecule has 0 unspecified atom stereocenters. The first-order valence-electron chi connectivity index (χ1n) is 12.7. The molecular weight excluding hydrogens is 434 g/mol. The fraction of sp³-hybridized carbons (Fsp3) is 0.379.